The van der Waals surface area contributed by atoms with Crippen LogP contribution in [0.1, 0.15) is 0 Å². The van der Waals surface area contributed by atoms with Crippen LogP contribution >= 0.6 is 15.9 Å². The Kier molecular flexibility index (Phi) is 1.27. The average molecular weight is 196 g/mol. The Labute approximate surface area is 67.2 Å². The number of aromatic amines is 1. The predicted octanol–water partition coefficient (Wildman–Crippen LogP) is 2.93. The van der Waals surface area contributed by atoms with Crippen molar-refractivity contribution in [2.24, 2.45) is 0 Å². The van der Waals surface area contributed by atoms with Crippen molar-refractivity contribution in [2.75, 3.05) is 0 Å². The summed E-state index contributed by atoms with van der Waals surface area (Å²) in [5.74, 6) is 0. The average Bonchev–Trinajstić information content (AvgIpc) is 2.27. The summed E-state index contributed by atoms with van der Waals surface area (Å²) in [5.41, 5.74) is 1.18. The van der Waals surface area contributed by atoms with Crippen molar-refractivity contribution in [3.8, 4) is 0 Å². The molecule has 0 aliphatic heterocycles. The molecule has 0 unspecified atom stereocenters. The third kappa shape index (κ3) is 0.847. The first-order valence-corrected chi connectivity index (χ1v) is 3.89. The summed E-state index contributed by atoms with van der Waals surface area (Å²) in [6, 6.07) is 10.2. The summed E-state index contributed by atoms with van der Waals surface area (Å²) in [6.07, 6.45) is 0. The zero-order valence-corrected chi connectivity index (χ0v) is 6.85. The molecular weight excluding hydrogens is 190 g/mol. The van der Waals surface area contributed by atoms with Gasteiger partial charge in [0.25, 0.3) is 0 Å². The quantitative estimate of drug-likeness (QED) is 0.666. The Morgan fingerprint density at radius 3 is 2.80 bits per heavy atom. The second kappa shape index (κ2) is 2.13. The topological polar surface area (TPSA) is 15.8 Å². The lowest BCUT2D eigenvalue weighted by Gasteiger charge is -1.83. The Hall–Kier alpha value is -0.760. The fourth-order valence-corrected chi connectivity index (χ4v) is 1.50. The smallest absolute Gasteiger partial charge is 0.0830 e. The number of benzene rings is 1. The molecule has 0 radical (unpaired) electrons. The van der Waals surface area contributed by atoms with E-state index in [1.807, 2.05) is 12.1 Å². The number of hydrogen-bond acceptors (Lipinski definition) is 0. The van der Waals surface area contributed by atoms with Crippen molar-refractivity contribution in [3.63, 3.8) is 0 Å². The summed E-state index contributed by atoms with van der Waals surface area (Å²) >= 11 is 3.37. The second-order valence-corrected chi connectivity index (χ2v) is 3.06. The molecule has 0 aliphatic carbocycles. The van der Waals surface area contributed by atoms with E-state index in [-0.39, 0.29) is 0 Å². The molecule has 0 bridgehead atoms. The Morgan fingerprint density at radius 1 is 1.20 bits per heavy atom. The van der Waals surface area contributed by atoms with E-state index in [1.165, 1.54) is 10.9 Å². The van der Waals surface area contributed by atoms with Crippen LogP contribution in [0.5, 0.6) is 0 Å². The van der Waals surface area contributed by atoms with Gasteiger partial charge in [-0.2, -0.15) is 0 Å². The molecule has 1 heterocycles. The van der Waals surface area contributed by atoms with Crippen molar-refractivity contribution in [1.29, 1.82) is 0 Å². The van der Waals surface area contributed by atoms with E-state index in [1.54, 1.807) is 0 Å². The summed E-state index contributed by atoms with van der Waals surface area (Å²) < 4.78 is 1.04. The van der Waals surface area contributed by atoms with Crippen LogP contribution in [0.25, 0.3) is 10.9 Å². The van der Waals surface area contributed by atoms with Gasteiger partial charge >= 0.3 is 0 Å². The van der Waals surface area contributed by atoms with Crippen molar-refractivity contribution >= 4 is 26.8 Å². The minimum absolute atomic E-state index is 1.04. The van der Waals surface area contributed by atoms with Crippen LogP contribution in [-0.4, -0.2) is 4.98 Å². The molecule has 0 atom stereocenters. The molecule has 1 N–H and O–H groups in total. The molecule has 0 aliphatic rings. The van der Waals surface area contributed by atoms with Gasteiger partial charge in [-0.05, 0) is 28.1 Å². The number of aromatic nitrogens is 1. The normalized spacial score (nSPS) is 10.5. The molecule has 1 aromatic heterocycles. The van der Waals surface area contributed by atoms with Gasteiger partial charge in [0, 0.05) is 10.9 Å². The fraction of sp³-hybridized carbons (Fsp3) is 0. The van der Waals surface area contributed by atoms with Gasteiger partial charge in [-0.25, -0.2) is 0 Å². The zero-order valence-electron chi connectivity index (χ0n) is 5.26. The Balaban J connectivity index is 2.88. The Morgan fingerprint density at radius 2 is 2.00 bits per heavy atom. The molecule has 50 valence electrons. The minimum Gasteiger partial charge on any atom is -0.349 e. The first-order valence-electron chi connectivity index (χ1n) is 3.09. The second-order valence-electron chi connectivity index (χ2n) is 2.20. The highest BCUT2D eigenvalue weighted by Crippen LogP contribution is 2.17. The van der Waals surface area contributed by atoms with Crippen molar-refractivity contribution in [2.45, 2.75) is 0 Å². The lowest BCUT2D eigenvalue weighted by molar-refractivity contribution is 1.41. The van der Waals surface area contributed by atoms with E-state index in [2.05, 4.69) is 39.1 Å². The maximum absolute atomic E-state index is 3.37. The van der Waals surface area contributed by atoms with Gasteiger partial charge < -0.3 is 4.98 Å². The maximum atomic E-state index is 3.37. The van der Waals surface area contributed by atoms with Crippen LogP contribution in [0, 0.1) is 0 Å². The van der Waals surface area contributed by atoms with Crippen LogP contribution in [0.3, 0.4) is 0 Å². The molecule has 1 aromatic carbocycles. The first kappa shape index (κ1) is 5.98. The van der Waals surface area contributed by atoms with Gasteiger partial charge in [-0.3, -0.25) is 0 Å². The molecule has 2 aromatic rings. The van der Waals surface area contributed by atoms with Crippen LogP contribution < -0.4 is 0 Å². The summed E-state index contributed by atoms with van der Waals surface area (Å²) in [5, 5.41) is 1.24. The summed E-state index contributed by atoms with van der Waals surface area (Å²) in [7, 11) is 0. The van der Waals surface area contributed by atoms with Crippen LogP contribution in [0.4, 0.5) is 0 Å². The van der Waals surface area contributed by atoms with Crippen molar-refractivity contribution < 1.29 is 0 Å². The molecule has 2 heteroatoms. The minimum atomic E-state index is 1.04. The zero-order chi connectivity index (χ0) is 6.97. The highest BCUT2D eigenvalue weighted by atomic mass is 79.9. The van der Waals surface area contributed by atoms with Crippen molar-refractivity contribution in [1.82, 2.24) is 4.98 Å². The number of nitrogens with one attached hydrogen (secondary N) is 1. The standard InChI is InChI=1S/C8H6BrN/c9-8-5-6-3-1-2-4-7(6)10-8/h1-5,10H. The molecule has 0 saturated carbocycles. The SMILES string of the molecule is Brc1cc2ccccc2[nH]1. The molecule has 1 nitrogen and oxygen atoms in total. The van der Waals surface area contributed by atoms with Gasteiger partial charge in [0.2, 0.25) is 0 Å². The molecule has 2 rings (SSSR count). The number of rotatable bonds is 0. The highest BCUT2D eigenvalue weighted by molar-refractivity contribution is 9.10. The molecule has 0 fully saturated rings. The lowest BCUT2D eigenvalue weighted by atomic mass is 10.3. The molecule has 0 saturated heterocycles. The predicted molar refractivity (Wildman–Crippen MR) is 46.0 cm³/mol. The van der Waals surface area contributed by atoms with Gasteiger partial charge in [-0.15, -0.1) is 0 Å². The number of fused-ring (bicyclic) bond motifs is 1. The van der Waals surface area contributed by atoms with E-state index in [0.29, 0.717) is 0 Å². The lowest BCUT2D eigenvalue weighted by Crippen LogP contribution is -1.62. The van der Waals surface area contributed by atoms with Crippen LogP contribution in [-0.2, 0) is 0 Å². The third-order valence-electron chi connectivity index (χ3n) is 1.50. The monoisotopic (exact) mass is 195 g/mol. The molecule has 10 heavy (non-hydrogen) atoms. The van der Waals surface area contributed by atoms with Crippen LogP contribution in [0.2, 0.25) is 0 Å². The van der Waals surface area contributed by atoms with E-state index >= 15 is 0 Å². The number of halogens is 1. The molecule has 0 spiro atoms. The first-order chi connectivity index (χ1) is 4.86. The number of hydrogen-bond donors (Lipinski definition) is 1. The highest BCUT2D eigenvalue weighted by Gasteiger charge is 1.93. The number of para-hydroxylation sites is 1. The third-order valence-corrected chi connectivity index (χ3v) is 1.92. The van der Waals surface area contributed by atoms with Crippen molar-refractivity contribution in [3.05, 3.63) is 34.9 Å². The van der Waals surface area contributed by atoms with E-state index in [9.17, 15) is 0 Å². The summed E-state index contributed by atoms with van der Waals surface area (Å²) in [6.45, 7) is 0. The van der Waals surface area contributed by atoms with E-state index < -0.39 is 0 Å². The van der Waals surface area contributed by atoms with Crippen LogP contribution in [0.15, 0.2) is 34.9 Å². The van der Waals surface area contributed by atoms with E-state index in [4.69, 9.17) is 0 Å². The molecular formula is C8H6BrN. The molecule has 0 amide bonds. The largest absolute Gasteiger partial charge is 0.349 e. The van der Waals surface area contributed by atoms with Gasteiger partial charge in [0.1, 0.15) is 0 Å². The fourth-order valence-electron chi connectivity index (χ4n) is 1.04. The van der Waals surface area contributed by atoms with Gasteiger partial charge in [0.05, 0.1) is 4.60 Å². The summed E-state index contributed by atoms with van der Waals surface area (Å²) in [4.78, 5) is 3.18. The van der Waals surface area contributed by atoms with Gasteiger partial charge in [0.15, 0.2) is 0 Å². The Bertz CT molecular complexity index is 318. The number of H-pyrrole nitrogens is 1. The maximum Gasteiger partial charge on any atom is 0.0830 e. The van der Waals surface area contributed by atoms with E-state index in [0.717, 1.165) is 4.60 Å². The van der Waals surface area contributed by atoms with Gasteiger partial charge in [-0.1, -0.05) is 18.2 Å².